The van der Waals surface area contributed by atoms with E-state index in [-0.39, 0.29) is 6.10 Å². The lowest BCUT2D eigenvalue weighted by Gasteiger charge is -2.11. The average Bonchev–Trinajstić information content (AvgIpc) is 2.60. The van der Waals surface area contributed by atoms with Crippen LogP contribution < -0.4 is 15.4 Å². The Kier molecular flexibility index (Phi) is 5.53. The highest BCUT2D eigenvalue weighted by molar-refractivity contribution is 6.30. The lowest BCUT2D eigenvalue weighted by Crippen LogP contribution is -2.05. The summed E-state index contributed by atoms with van der Waals surface area (Å²) in [5, 5.41) is 15.0. The van der Waals surface area contributed by atoms with Crippen LogP contribution in [0, 0.1) is 6.92 Å². The molecule has 0 radical (unpaired) electrons. The molecule has 3 aromatic rings. The molecule has 3 rings (SSSR count). The van der Waals surface area contributed by atoms with Gasteiger partial charge in [-0.25, -0.2) is 0 Å². The molecule has 0 amide bonds. The predicted molar refractivity (Wildman–Crippen MR) is 105 cm³/mol. The highest BCUT2D eigenvalue weighted by atomic mass is 35.5. The Hall–Kier alpha value is -2.86. The molecule has 0 aliphatic rings. The maximum Gasteiger partial charge on any atom is 0.249 e. The highest BCUT2D eigenvalue weighted by Gasteiger charge is 2.05. The van der Waals surface area contributed by atoms with Crippen LogP contribution in [0.3, 0.4) is 0 Å². The van der Waals surface area contributed by atoms with E-state index in [2.05, 4.69) is 25.8 Å². The van der Waals surface area contributed by atoms with Crippen molar-refractivity contribution in [3.05, 3.63) is 59.2 Å². The first-order chi connectivity index (χ1) is 12.5. The van der Waals surface area contributed by atoms with E-state index in [9.17, 15) is 0 Å². The van der Waals surface area contributed by atoms with Gasteiger partial charge < -0.3 is 15.4 Å². The second-order valence-electron chi connectivity index (χ2n) is 6.07. The zero-order valence-corrected chi connectivity index (χ0v) is 15.6. The summed E-state index contributed by atoms with van der Waals surface area (Å²) in [5.74, 6) is 1.80. The van der Waals surface area contributed by atoms with Crippen molar-refractivity contribution >= 4 is 34.7 Å². The molecule has 1 aromatic heterocycles. The van der Waals surface area contributed by atoms with Crippen molar-refractivity contribution < 1.29 is 4.74 Å². The Morgan fingerprint density at radius 2 is 1.81 bits per heavy atom. The normalized spacial score (nSPS) is 10.7. The lowest BCUT2D eigenvalue weighted by atomic mass is 10.2. The second kappa shape index (κ2) is 8.01. The largest absolute Gasteiger partial charge is 0.491 e. The molecular formula is C19H20ClN5O. The smallest absolute Gasteiger partial charge is 0.249 e. The Morgan fingerprint density at radius 3 is 2.54 bits per heavy atom. The van der Waals surface area contributed by atoms with Gasteiger partial charge in [0.2, 0.25) is 5.95 Å². The van der Waals surface area contributed by atoms with Crippen molar-refractivity contribution in [2.75, 3.05) is 10.6 Å². The molecule has 0 unspecified atom stereocenters. The molecule has 7 heteroatoms. The zero-order chi connectivity index (χ0) is 18.5. The molecule has 134 valence electrons. The number of rotatable bonds is 6. The molecule has 0 saturated carbocycles. The van der Waals surface area contributed by atoms with Crippen LogP contribution >= 0.6 is 11.6 Å². The minimum absolute atomic E-state index is 0.142. The van der Waals surface area contributed by atoms with Gasteiger partial charge in [-0.05, 0) is 62.7 Å². The standard InChI is InChI=1S/C19H20ClN5O/c1-12(2)26-16-8-6-15(7-9-16)22-18-11-21-25-19(24-18)23-17-10-14(20)5-4-13(17)3/h4-12H,1-3H3,(H2,22,23,24,25). The fourth-order valence-corrected chi connectivity index (χ4v) is 2.48. The maximum atomic E-state index is 6.05. The van der Waals surface area contributed by atoms with Crippen molar-refractivity contribution in [2.24, 2.45) is 0 Å². The predicted octanol–water partition coefficient (Wildman–Crippen LogP) is 5.11. The summed E-state index contributed by atoms with van der Waals surface area (Å²) in [4.78, 5) is 4.43. The first kappa shape index (κ1) is 17.9. The van der Waals surface area contributed by atoms with Crippen molar-refractivity contribution in [3.63, 3.8) is 0 Å². The average molecular weight is 370 g/mol. The second-order valence-corrected chi connectivity index (χ2v) is 6.50. The van der Waals surface area contributed by atoms with Crippen molar-refractivity contribution in [1.29, 1.82) is 0 Å². The van der Waals surface area contributed by atoms with E-state index in [1.54, 1.807) is 6.20 Å². The van der Waals surface area contributed by atoms with Crippen LogP contribution in [-0.2, 0) is 0 Å². The van der Waals surface area contributed by atoms with Crippen LogP contribution in [0.25, 0.3) is 0 Å². The molecule has 0 aliphatic carbocycles. The number of hydrogen-bond donors (Lipinski definition) is 2. The third-order valence-corrected chi connectivity index (χ3v) is 3.74. The minimum atomic E-state index is 0.142. The lowest BCUT2D eigenvalue weighted by molar-refractivity contribution is 0.242. The van der Waals surface area contributed by atoms with Crippen LogP contribution in [-0.4, -0.2) is 21.3 Å². The molecular weight excluding hydrogens is 350 g/mol. The van der Waals surface area contributed by atoms with Gasteiger partial charge in [0.15, 0.2) is 5.82 Å². The number of hydrogen-bond acceptors (Lipinski definition) is 6. The van der Waals surface area contributed by atoms with E-state index < -0.39 is 0 Å². The molecule has 0 aliphatic heterocycles. The van der Waals surface area contributed by atoms with Crippen molar-refractivity contribution in [3.8, 4) is 5.75 Å². The van der Waals surface area contributed by atoms with Gasteiger partial charge in [0.1, 0.15) is 5.75 Å². The van der Waals surface area contributed by atoms with Crippen LogP contribution in [0.1, 0.15) is 19.4 Å². The zero-order valence-electron chi connectivity index (χ0n) is 14.8. The van der Waals surface area contributed by atoms with Gasteiger partial charge in [-0.1, -0.05) is 17.7 Å². The van der Waals surface area contributed by atoms with E-state index >= 15 is 0 Å². The fraction of sp³-hybridized carbons (Fsp3) is 0.211. The van der Waals surface area contributed by atoms with Crippen LogP contribution in [0.2, 0.25) is 5.02 Å². The number of aromatic nitrogens is 3. The molecule has 0 bridgehead atoms. The SMILES string of the molecule is Cc1ccc(Cl)cc1Nc1nncc(Nc2ccc(OC(C)C)cc2)n1. The molecule has 0 atom stereocenters. The number of ether oxygens (including phenoxy) is 1. The number of aryl methyl sites for hydroxylation is 1. The summed E-state index contributed by atoms with van der Waals surface area (Å²) in [6.07, 6.45) is 1.71. The third-order valence-electron chi connectivity index (χ3n) is 3.50. The van der Waals surface area contributed by atoms with E-state index in [1.165, 1.54) is 0 Å². The van der Waals surface area contributed by atoms with Crippen molar-refractivity contribution in [2.45, 2.75) is 26.9 Å². The van der Waals surface area contributed by atoms with Gasteiger partial charge in [-0.3, -0.25) is 0 Å². The van der Waals surface area contributed by atoms with E-state index in [1.807, 2.05) is 63.2 Å². The van der Waals surface area contributed by atoms with Gasteiger partial charge in [-0.15, -0.1) is 5.10 Å². The molecule has 2 N–H and O–H groups in total. The van der Waals surface area contributed by atoms with Crippen molar-refractivity contribution in [1.82, 2.24) is 15.2 Å². The summed E-state index contributed by atoms with van der Waals surface area (Å²) in [6, 6.07) is 13.3. The molecule has 0 spiro atoms. The molecule has 0 fully saturated rings. The Labute approximate surface area is 157 Å². The van der Waals surface area contributed by atoms with Gasteiger partial charge >= 0.3 is 0 Å². The molecule has 0 saturated heterocycles. The maximum absolute atomic E-state index is 6.05. The van der Waals surface area contributed by atoms with Gasteiger partial charge in [0, 0.05) is 16.4 Å². The number of anilines is 4. The Bertz CT molecular complexity index is 883. The molecule has 6 nitrogen and oxygen atoms in total. The monoisotopic (exact) mass is 369 g/mol. The van der Waals surface area contributed by atoms with Gasteiger partial charge in [-0.2, -0.15) is 10.1 Å². The number of nitrogens with one attached hydrogen (secondary N) is 2. The third kappa shape index (κ3) is 4.83. The summed E-state index contributed by atoms with van der Waals surface area (Å²) in [7, 11) is 0. The summed E-state index contributed by atoms with van der Waals surface area (Å²) < 4.78 is 5.64. The quantitative estimate of drug-likeness (QED) is 0.629. The summed E-state index contributed by atoms with van der Waals surface area (Å²) >= 11 is 6.05. The van der Waals surface area contributed by atoms with E-state index in [4.69, 9.17) is 16.3 Å². The van der Waals surface area contributed by atoms with Gasteiger partial charge in [0.05, 0.1) is 12.3 Å². The molecule has 26 heavy (non-hydrogen) atoms. The van der Waals surface area contributed by atoms with Crippen LogP contribution in [0.15, 0.2) is 48.7 Å². The Morgan fingerprint density at radius 1 is 1.04 bits per heavy atom. The molecule has 2 aromatic carbocycles. The van der Waals surface area contributed by atoms with E-state index in [0.29, 0.717) is 16.8 Å². The van der Waals surface area contributed by atoms with Gasteiger partial charge in [0.25, 0.3) is 0 Å². The number of nitrogens with zero attached hydrogens (tertiary/aromatic N) is 3. The van der Waals surface area contributed by atoms with Crippen LogP contribution in [0.5, 0.6) is 5.75 Å². The van der Waals surface area contributed by atoms with Crippen LogP contribution in [0.4, 0.5) is 23.1 Å². The first-order valence-corrected chi connectivity index (χ1v) is 8.64. The topological polar surface area (TPSA) is 72.0 Å². The first-order valence-electron chi connectivity index (χ1n) is 8.26. The number of halogens is 1. The molecule has 1 heterocycles. The fourth-order valence-electron chi connectivity index (χ4n) is 2.30. The summed E-state index contributed by atoms with van der Waals surface area (Å²) in [5.41, 5.74) is 2.76. The number of benzene rings is 2. The highest BCUT2D eigenvalue weighted by Crippen LogP contribution is 2.24. The summed E-state index contributed by atoms with van der Waals surface area (Å²) in [6.45, 7) is 5.97. The minimum Gasteiger partial charge on any atom is -0.491 e. The Balaban J connectivity index is 1.72. The van der Waals surface area contributed by atoms with E-state index in [0.717, 1.165) is 22.7 Å².